The van der Waals surface area contributed by atoms with Gasteiger partial charge in [-0.05, 0) is 48.4 Å². The molecule has 2 aromatic carbocycles. The van der Waals surface area contributed by atoms with Crippen LogP contribution in [-0.2, 0) is 31.5 Å². The average Bonchev–Trinajstić information content (AvgIpc) is 3.30. The van der Waals surface area contributed by atoms with Crippen molar-refractivity contribution < 1.29 is 29.1 Å². The van der Waals surface area contributed by atoms with E-state index in [1.54, 1.807) is 37.5 Å². The second kappa shape index (κ2) is 7.14. The fourth-order valence-electron chi connectivity index (χ4n) is 3.43. The first-order valence-electron chi connectivity index (χ1n) is 8.91. The van der Waals surface area contributed by atoms with Gasteiger partial charge in [0.1, 0.15) is 17.9 Å². The number of ether oxygens (including phenoxy) is 2. The summed E-state index contributed by atoms with van der Waals surface area (Å²) >= 11 is 0. The molecule has 2 aliphatic rings. The first-order valence-corrected chi connectivity index (χ1v) is 8.91. The molecule has 0 amide bonds. The summed E-state index contributed by atoms with van der Waals surface area (Å²) in [5, 5.41) is 11.5. The first-order chi connectivity index (χ1) is 13.5. The molecule has 0 aromatic heterocycles. The molecule has 1 atom stereocenters. The van der Waals surface area contributed by atoms with Gasteiger partial charge >= 0.3 is 5.97 Å². The Morgan fingerprint density at radius 3 is 2.54 bits per heavy atom. The van der Waals surface area contributed by atoms with E-state index in [0.717, 1.165) is 11.1 Å². The van der Waals surface area contributed by atoms with Crippen LogP contribution in [0.1, 0.15) is 16.7 Å². The van der Waals surface area contributed by atoms with Crippen molar-refractivity contribution >= 4 is 5.97 Å². The van der Waals surface area contributed by atoms with E-state index in [9.17, 15) is 9.90 Å². The molecule has 0 saturated heterocycles. The quantitative estimate of drug-likeness (QED) is 0.635. The summed E-state index contributed by atoms with van der Waals surface area (Å²) in [6.45, 7) is 2.21. The number of carbonyl (C=O) groups is 1. The molecule has 2 aliphatic heterocycles. The Hall–Kier alpha value is -3.09. The van der Waals surface area contributed by atoms with Gasteiger partial charge in [0, 0.05) is 17.6 Å². The first kappa shape index (κ1) is 18.3. The Labute approximate surface area is 162 Å². The van der Waals surface area contributed by atoms with Gasteiger partial charge in [0.25, 0.3) is 5.79 Å². The molecular weight excluding hydrogens is 360 g/mol. The summed E-state index contributed by atoms with van der Waals surface area (Å²) in [6, 6.07) is 14.6. The summed E-state index contributed by atoms with van der Waals surface area (Å²) in [4.78, 5) is 22.8. The summed E-state index contributed by atoms with van der Waals surface area (Å²) in [5.74, 6) is -1.67. The average molecular weight is 380 g/mol. The molecule has 0 spiro atoms. The third-order valence-electron chi connectivity index (χ3n) is 5.00. The number of esters is 1. The maximum atomic E-state index is 12.7. The number of carbonyl (C=O) groups excluding carboxylic acids is 1. The van der Waals surface area contributed by atoms with E-state index in [4.69, 9.17) is 19.2 Å². The van der Waals surface area contributed by atoms with Crippen LogP contribution in [0.2, 0.25) is 0 Å². The number of hydrogen-bond donors (Lipinski definition) is 1. The minimum atomic E-state index is -1.91. The molecular formula is C22H20O6. The Morgan fingerprint density at radius 1 is 1.14 bits per heavy atom. The van der Waals surface area contributed by atoms with Gasteiger partial charge in [-0.3, -0.25) is 0 Å². The fraction of sp³-hybridized carbons (Fsp3) is 0.227. The molecule has 1 unspecified atom stereocenters. The Balaban J connectivity index is 1.85. The molecule has 1 N–H and O–H groups in total. The monoisotopic (exact) mass is 380 g/mol. The van der Waals surface area contributed by atoms with Gasteiger partial charge in [-0.1, -0.05) is 24.3 Å². The molecule has 6 heteroatoms. The summed E-state index contributed by atoms with van der Waals surface area (Å²) in [6.07, 6.45) is 1.96. The zero-order chi connectivity index (χ0) is 19.7. The highest BCUT2D eigenvalue weighted by Gasteiger charge is 2.49. The maximum absolute atomic E-state index is 12.7. The normalized spacial score (nSPS) is 21.4. The second-order valence-corrected chi connectivity index (χ2v) is 6.66. The molecule has 0 bridgehead atoms. The van der Waals surface area contributed by atoms with Crippen molar-refractivity contribution in [2.75, 3.05) is 13.7 Å². The number of cyclic esters (lactones) is 1. The number of methoxy groups -OCH3 is 1. The van der Waals surface area contributed by atoms with Gasteiger partial charge in [0.05, 0.1) is 7.11 Å². The highest BCUT2D eigenvalue weighted by atomic mass is 17.2. The van der Waals surface area contributed by atoms with Crippen LogP contribution in [0.25, 0.3) is 0 Å². The molecule has 0 radical (unpaired) electrons. The van der Waals surface area contributed by atoms with Crippen LogP contribution in [-0.4, -0.2) is 24.8 Å². The second-order valence-electron chi connectivity index (χ2n) is 6.66. The number of benzene rings is 2. The zero-order valence-electron chi connectivity index (χ0n) is 15.6. The van der Waals surface area contributed by atoms with Crippen LogP contribution in [0.15, 0.2) is 71.5 Å². The van der Waals surface area contributed by atoms with Crippen molar-refractivity contribution in [1.82, 2.24) is 0 Å². The van der Waals surface area contributed by atoms with E-state index < -0.39 is 11.8 Å². The highest BCUT2D eigenvalue weighted by Crippen LogP contribution is 2.44. The lowest BCUT2D eigenvalue weighted by Gasteiger charge is -2.26. The lowest BCUT2D eigenvalue weighted by atomic mass is 9.88. The summed E-state index contributed by atoms with van der Waals surface area (Å²) in [5.41, 5.74) is 3.05. The van der Waals surface area contributed by atoms with Crippen LogP contribution in [0.5, 0.6) is 5.75 Å². The minimum absolute atomic E-state index is 0.194. The molecule has 144 valence electrons. The zero-order valence-corrected chi connectivity index (χ0v) is 15.6. The van der Waals surface area contributed by atoms with Gasteiger partial charge in [-0.2, -0.15) is 4.89 Å². The topological polar surface area (TPSA) is 74.2 Å². The molecule has 0 aliphatic carbocycles. The largest absolute Gasteiger partial charge is 0.497 e. The van der Waals surface area contributed by atoms with Crippen LogP contribution < -0.4 is 4.74 Å². The Bertz CT molecular complexity index is 973. The number of aryl methyl sites for hydroxylation is 1. The minimum Gasteiger partial charge on any atom is -0.497 e. The molecule has 28 heavy (non-hydrogen) atoms. The lowest BCUT2D eigenvalue weighted by Crippen LogP contribution is -2.29. The predicted octanol–water partition coefficient (Wildman–Crippen LogP) is 3.09. The van der Waals surface area contributed by atoms with Crippen molar-refractivity contribution in [3.8, 4) is 5.75 Å². The van der Waals surface area contributed by atoms with Gasteiger partial charge < -0.3 is 19.5 Å². The molecule has 0 saturated carbocycles. The molecule has 4 rings (SSSR count). The summed E-state index contributed by atoms with van der Waals surface area (Å²) < 4.78 is 10.7. The van der Waals surface area contributed by atoms with Crippen LogP contribution in [0, 0.1) is 6.92 Å². The van der Waals surface area contributed by atoms with Crippen molar-refractivity contribution in [2.24, 2.45) is 0 Å². The third kappa shape index (κ3) is 3.06. The SMILES string of the molecule is COc1ccc(C2(O)OC(=O)C(C3=CCOO3)=C2Cc2ccccc2C)cc1. The molecule has 0 fully saturated rings. The molecule has 2 heterocycles. The molecule has 2 aromatic rings. The van der Waals surface area contributed by atoms with E-state index >= 15 is 0 Å². The van der Waals surface area contributed by atoms with E-state index in [1.165, 1.54) is 0 Å². The highest BCUT2D eigenvalue weighted by molar-refractivity contribution is 5.97. The van der Waals surface area contributed by atoms with E-state index in [2.05, 4.69) is 0 Å². The van der Waals surface area contributed by atoms with Gasteiger partial charge in [-0.15, -0.1) is 0 Å². The van der Waals surface area contributed by atoms with Crippen LogP contribution >= 0.6 is 0 Å². The van der Waals surface area contributed by atoms with Crippen molar-refractivity contribution in [3.63, 3.8) is 0 Å². The molecule has 6 nitrogen and oxygen atoms in total. The van der Waals surface area contributed by atoms with E-state index in [1.807, 2.05) is 31.2 Å². The standard InChI is InChI=1S/C22H20O6/c1-14-5-3-4-6-15(14)13-18-20(19-11-12-26-28-19)21(23)27-22(18,24)16-7-9-17(25-2)10-8-16/h3-11,24H,12-13H2,1-2H3. The number of aliphatic hydroxyl groups is 1. The van der Waals surface area contributed by atoms with Crippen LogP contribution in [0.4, 0.5) is 0 Å². The van der Waals surface area contributed by atoms with Gasteiger partial charge in [-0.25, -0.2) is 4.79 Å². The van der Waals surface area contributed by atoms with E-state index in [-0.39, 0.29) is 17.9 Å². The smallest absolute Gasteiger partial charge is 0.345 e. The van der Waals surface area contributed by atoms with Crippen molar-refractivity contribution in [2.45, 2.75) is 19.1 Å². The van der Waals surface area contributed by atoms with Gasteiger partial charge in [0.15, 0.2) is 5.76 Å². The van der Waals surface area contributed by atoms with Gasteiger partial charge in [0.2, 0.25) is 0 Å². The van der Waals surface area contributed by atoms with Crippen LogP contribution in [0.3, 0.4) is 0 Å². The number of rotatable bonds is 5. The van der Waals surface area contributed by atoms with Crippen molar-refractivity contribution in [1.29, 1.82) is 0 Å². The van der Waals surface area contributed by atoms with E-state index in [0.29, 0.717) is 23.3 Å². The third-order valence-corrected chi connectivity index (χ3v) is 5.00. The number of hydrogen-bond acceptors (Lipinski definition) is 6. The Morgan fingerprint density at radius 2 is 1.89 bits per heavy atom. The summed E-state index contributed by atoms with van der Waals surface area (Å²) in [7, 11) is 1.56. The predicted molar refractivity (Wildman–Crippen MR) is 100 cm³/mol. The fourth-order valence-corrected chi connectivity index (χ4v) is 3.43. The maximum Gasteiger partial charge on any atom is 0.345 e. The lowest BCUT2D eigenvalue weighted by molar-refractivity contribution is -0.231. The van der Waals surface area contributed by atoms with Crippen molar-refractivity contribution in [3.05, 3.63) is 88.2 Å². The Kier molecular flexibility index (Phi) is 4.66.